The first-order valence-electron chi connectivity index (χ1n) is 11.8. The molecule has 0 aromatic carbocycles. The molecule has 10 nitrogen and oxygen atoms in total. The van der Waals surface area contributed by atoms with Gasteiger partial charge in [-0.3, -0.25) is 24.8 Å². The van der Waals surface area contributed by atoms with Crippen molar-refractivity contribution in [3.05, 3.63) is 60.1 Å². The van der Waals surface area contributed by atoms with Crippen LogP contribution >= 0.6 is 11.3 Å². The summed E-state index contributed by atoms with van der Waals surface area (Å²) in [5.74, 6) is 0.855. The predicted octanol–water partition coefficient (Wildman–Crippen LogP) is 4.04. The highest BCUT2D eigenvalue weighted by molar-refractivity contribution is 7.17. The van der Waals surface area contributed by atoms with Crippen LogP contribution in [-0.2, 0) is 0 Å². The SMILES string of the molecule is CC(=O)c1ccc(-c2cncc3[nH]c(-c4n[nH]c5cnc(-c6cncc(N7CC(N)C7)n6)cc45)cc23)s1. The molecule has 0 radical (unpaired) electrons. The molecule has 0 aliphatic carbocycles. The summed E-state index contributed by atoms with van der Waals surface area (Å²) in [6.45, 7) is 3.13. The van der Waals surface area contributed by atoms with Crippen LogP contribution < -0.4 is 10.6 Å². The van der Waals surface area contributed by atoms with E-state index < -0.39 is 0 Å². The number of ketones is 1. The maximum Gasteiger partial charge on any atom is 0.169 e. The lowest BCUT2D eigenvalue weighted by Gasteiger charge is -2.37. The van der Waals surface area contributed by atoms with Gasteiger partial charge in [0.1, 0.15) is 17.2 Å². The second-order valence-corrected chi connectivity index (χ2v) is 10.3. The molecule has 0 atom stereocenters. The number of nitrogens with two attached hydrogens (primary N) is 1. The zero-order chi connectivity index (χ0) is 25.1. The number of thiophene rings is 1. The molecule has 7 heterocycles. The minimum atomic E-state index is 0.0576. The van der Waals surface area contributed by atoms with Crippen LogP contribution in [0.2, 0.25) is 0 Å². The Labute approximate surface area is 214 Å². The first kappa shape index (κ1) is 21.8. The zero-order valence-corrected chi connectivity index (χ0v) is 20.6. The smallest absolute Gasteiger partial charge is 0.169 e. The number of hydrogen-bond donors (Lipinski definition) is 3. The molecule has 1 saturated heterocycles. The Morgan fingerprint density at radius 2 is 1.89 bits per heavy atom. The monoisotopic (exact) mass is 507 g/mol. The summed E-state index contributed by atoms with van der Waals surface area (Å²) >= 11 is 1.47. The van der Waals surface area contributed by atoms with Crippen LogP contribution in [0.25, 0.3) is 55.0 Å². The first-order valence-corrected chi connectivity index (χ1v) is 12.6. The quantitative estimate of drug-likeness (QED) is 0.297. The number of aromatic nitrogens is 7. The van der Waals surface area contributed by atoms with Crippen molar-refractivity contribution in [2.45, 2.75) is 13.0 Å². The molecule has 37 heavy (non-hydrogen) atoms. The lowest BCUT2D eigenvalue weighted by molar-refractivity contribution is 0.102. The van der Waals surface area contributed by atoms with Gasteiger partial charge in [0.2, 0.25) is 0 Å². The van der Waals surface area contributed by atoms with Crippen LogP contribution in [0.1, 0.15) is 16.6 Å². The highest BCUT2D eigenvalue weighted by atomic mass is 32.1. The minimum Gasteiger partial charge on any atom is -0.352 e. The van der Waals surface area contributed by atoms with E-state index in [1.165, 1.54) is 11.3 Å². The van der Waals surface area contributed by atoms with E-state index in [1.54, 1.807) is 31.7 Å². The molecule has 0 amide bonds. The molecule has 6 aromatic rings. The van der Waals surface area contributed by atoms with E-state index in [-0.39, 0.29) is 11.8 Å². The first-order chi connectivity index (χ1) is 18.0. The number of Topliss-reactive ketones (excluding diaryl/α,β-unsaturated/α-hetero) is 1. The van der Waals surface area contributed by atoms with Gasteiger partial charge in [-0.1, -0.05) is 0 Å². The summed E-state index contributed by atoms with van der Waals surface area (Å²) in [5.41, 5.74) is 11.6. The molecule has 182 valence electrons. The largest absolute Gasteiger partial charge is 0.352 e. The van der Waals surface area contributed by atoms with Crippen molar-refractivity contribution in [3.8, 4) is 33.2 Å². The highest BCUT2D eigenvalue weighted by Crippen LogP contribution is 2.36. The molecule has 1 aliphatic heterocycles. The maximum absolute atomic E-state index is 11.8. The lowest BCUT2D eigenvalue weighted by Crippen LogP contribution is -2.56. The van der Waals surface area contributed by atoms with Crippen LogP contribution in [0, 0.1) is 0 Å². The van der Waals surface area contributed by atoms with Crippen LogP contribution in [0.4, 0.5) is 5.82 Å². The molecular formula is C26H21N9OS. The summed E-state index contributed by atoms with van der Waals surface area (Å²) in [5, 5.41) is 9.60. The van der Waals surface area contributed by atoms with Gasteiger partial charge in [-0.05, 0) is 31.2 Å². The third-order valence-electron chi connectivity index (χ3n) is 6.58. The summed E-state index contributed by atoms with van der Waals surface area (Å²) in [6, 6.07) is 8.06. The van der Waals surface area contributed by atoms with Crippen molar-refractivity contribution in [1.29, 1.82) is 0 Å². The van der Waals surface area contributed by atoms with Gasteiger partial charge in [0.25, 0.3) is 0 Å². The van der Waals surface area contributed by atoms with E-state index in [0.29, 0.717) is 11.4 Å². The van der Waals surface area contributed by atoms with Gasteiger partial charge >= 0.3 is 0 Å². The van der Waals surface area contributed by atoms with Crippen molar-refractivity contribution in [1.82, 2.24) is 35.1 Å². The van der Waals surface area contributed by atoms with Crippen molar-refractivity contribution in [2.75, 3.05) is 18.0 Å². The predicted molar refractivity (Wildman–Crippen MR) is 144 cm³/mol. The van der Waals surface area contributed by atoms with Crippen molar-refractivity contribution in [3.63, 3.8) is 0 Å². The second kappa shape index (κ2) is 8.29. The number of anilines is 1. The summed E-state index contributed by atoms with van der Waals surface area (Å²) < 4.78 is 0. The molecule has 0 saturated carbocycles. The van der Waals surface area contributed by atoms with E-state index in [0.717, 1.165) is 67.4 Å². The van der Waals surface area contributed by atoms with E-state index in [1.807, 2.05) is 24.4 Å². The number of rotatable bonds is 5. The molecule has 1 fully saturated rings. The Morgan fingerprint density at radius 1 is 1.03 bits per heavy atom. The van der Waals surface area contributed by atoms with Crippen LogP contribution in [0.5, 0.6) is 0 Å². The molecule has 0 unspecified atom stereocenters. The average molecular weight is 508 g/mol. The van der Waals surface area contributed by atoms with Gasteiger partial charge in [-0.25, -0.2) is 4.98 Å². The standard InChI is InChI=1S/C26H21N9OS/c1-13(36)23-2-3-24(37-23)17-6-28-7-20-15(17)4-19(31-20)26-16-5-18(30-9-21(16)33-34-26)22-8-29-10-25(32-22)35-11-14(27)12-35/h2-10,14,31H,11-12,27H2,1H3,(H,33,34). The highest BCUT2D eigenvalue weighted by Gasteiger charge is 2.25. The number of hydrogen-bond acceptors (Lipinski definition) is 9. The van der Waals surface area contributed by atoms with Crippen molar-refractivity contribution >= 4 is 44.7 Å². The number of fused-ring (bicyclic) bond motifs is 2. The number of carbonyl (C=O) groups is 1. The topological polar surface area (TPSA) is 142 Å². The Bertz CT molecular complexity index is 1810. The molecule has 0 spiro atoms. The van der Waals surface area contributed by atoms with Gasteiger partial charge in [-0.15, -0.1) is 11.3 Å². The number of carbonyl (C=O) groups excluding carboxylic acids is 1. The van der Waals surface area contributed by atoms with E-state index in [4.69, 9.17) is 10.7 Å². The number of aromatic amines is 2. The number of pyridine rings is 2. The maximum atomic E-state index is 11.8. The van der Waals surface area contributed by atoms with Gasteiger partial charge < -0.3 is 15.6 Å². The second-order valence-electron chi connectivity index (χ2n) is 9.17. The minimum absolute atomic E-state index is 0.0576. The van der Waals surface area contributed by atoms with Gasteiger partial charge in [-0.2, -0.15) is 5.10 Å². The van der Waals surface area contributed by atoms with Crippen LogP contribution in [-0.4, -0.2) is 60.0 Å². The van der Waals surface area contributed by atoms with E-state index in [9.17, 15) is 4.79 Å². The molecule has 11 heteroatoms. The van der Waals surface area contributed by atoms with Gasteiger partial charge in [0, 0.05) is 46.5 Å². The van der Waals surface area contributed by atoms with Gasteiger partial charge in [0.05, 0.1) is 52.1 Å². The normalized spacial score (nSPS) is 13.9. The molecule has 4 N–H and O–H groups in total. The third kappa shape index (κ3) is 3.67. The molecule has 1 aliphatic rings. The number of H-pyrrole nitrogens is 2. The van der Waals surface area contributed by atoms with Gasteiger partial charge in [0.15, 0.2) is 5.78 Å². The van der Waals surface area contributed by atoms with E-state index in [2.05, 4.69) is 41.1 Å². The molecule has 7 rings (SSSR count). The molecule has 6 aromatic heterocycles. The Hall–Kier alpha value is -4.48. The Balaban J connectivity index is 1.29. The average Bonchev–Trinajstić information content (AvgIpc) is 3.64. The Kier molecular flexibility index (Phi) is 4.88. The fourth-order valence-corrected chi connectivity index (χ4v) is 5.57. The van der Waals surface area contributed by atoms with Crippen molar-refractivity contribution in [2.24, 2.45) is 5.73 Å². The van der Waals surface area contributed by atoms with E-state index >= 15 is 0 Å². The summed E-state index contributed by atoms with van der Waals surface area (Å²) in [4.78, 5) is 37.2. The van der Waals surface area contributed by atoms with Crippen LogP contribution in [0.15, 0.2) is 55.2 Å². The zero-order valence-electron chi connectivity index (χ0n) is 19.8. The fraction of sp³-hybridized carbons (Fsp3) is 0.154. The third-order valence-corrected chi connectivity index (χ3v) is 7.80. The molecule has 0 bridgehead atoms. The van der Waals surface area contributed by atoms with Crippen LogP contribution in [0.3, 0.4) is 0 Å². The summed E-state index contributed by atoms with van der Waals surface area (Å²) in [7, 11) is 0. The molecular weight excluding hydrogens is 486 g/mol. The Morgan fingerprint density at radius 3 is 2.70 bits per heavy atom. The summed E-state index contributed by atoms with van der Waals surface area (Å²) in [6.07, 6.45) is 8.86. The number of nitrogens with zero attached hydrogens (tertiary/aromatic N) is 6. The number of nitrogens with one attached hydrogen (secondary N) is 2. The lowest BCUT2D eigenvalue weighted by atomic mass is 10.1. The fourth-order valence-electron chi connectivity index (χ4n) is 4.64. The van der Waals surface area contributed by atoms with Crippen molar-refractivity contribution < 1.29 is 4.79 Å².